The molecule has 0 radical (unpaired) electrons. The first-order valence-corrected chi connectivity index (χ1v) is 5.11. The lowest BCUT2D eigenvalue weighted by atomic mass is 10.1. The summed E-state index contributed by atoms with van der Waals surface area (Å²) in [5.41, 5.74) is 2.10. The third-order valence-corrected chi connectivity index (χ3v) is 2.47. The number of hydrogen-bond donors (Lipinski definition) is 0. The second-order valence-electron chi connectivity index (χ2n) is 3.80. The highest BCUT2D eigenvalue weighted by Crippen LogP contribution is 2.15. The number of aromatic nitrogens is 2. The van der Waals surface area contributed by atoms with Crippen LogP contribution < -0.4 is 0 Å². The molecule has 2 rings (SSSR count). The van der Waals surface area contributed by atoms with E-state index in [9.17, 15) is 9.59 Å². The Morgan fingerprint density at radius 3 is 2.65 bits per heavy atom. The van der Waals surface area contributed by atoms with E-state index in [-0.39, 0.29) is 5.78 Å². The molecule has 2 aromatic heterocycles. The Morgan fingerprint density at radius 1 is 1.35 bits per heavy atom. The van der Waals surface area contributed by atoms with Crippen molar-refractivity contribution in [1.82, 2.24) is 9.38 Å². The van der Waals surface area contributed by atoms with E-state index < -0.39 is 5.97 Å². The normalized spacial score (nSPS) is 10.5. The van der Waals surface area contributed by atoms with E-state index in [2.05, 4.69) is 9.72 Å². The molecule has 0 saturated heterocycles. The zero-order chi connectivity index (χ0) is 12.6. The lowest BCUT2D eigenvalue weighted by Crippen LogP contribution is -2.07. The number of pyridine rings is 1. The molecule has 0 aliphatic carbocycles. The summed E-state index contributed by atoms with van der Waals surface area (Å²) in [5, 5.41) is 0. The SMILES string of the molecule is COC(=O)c1cc(C(C)=O)c2nc(C)cn2c1. The standard InChI is InChI=1S/C12H12N2O3/c1-7-5-14-6-9(12(16)17-3)4-10(8(2)15)11(14)13-7/h4-6H,1-3H3. The van der Waals surface area contributed by atoms with E-state index >= 15 is 0 Å². The molecule has 5 nitrogen and oxygen atoms in total. The zero-order valence-electron chi connectivity index (χ0n) is 9.85. The van der Waals surface area contributed by atoms with Crippen LogP contribution in [-0.2, 0) is 4.74 Å². The lowest BCUT2D eigenvalue weighted by Gasteiger charge is -2.04. The maximum atomic E-state index is 11.5. The van der Waals surface area contributed by atoms with Gasteiger partial charge < -0.3 is 9.14 Å². The summed E-state index contributed by atoms with van der Waals surface area (Å²) in [7, 11) is 1.30. The van der Waals surface area contributed by atoms with E-state index in [0.29, 0.717) is 16.8 Å². The topological polar surface area (TPSA) is 60.7 Å². The minimum Gasteiger partial charge on any atom is -0.465 e. The van der Waals surface area contributed by atoms with Crippen molar-refractivity contribution in [3.63, 3.8) is 0 Å². The van der Waals surface area contributed by atoms with Crippen molar-refractivity contribution in [2.45, 2.75) is 13.8 Å². The molecule has 0 fully saturated rings. The van der Waals surface area contributed by atoms with Crippen LogP contribution in [-0.4, -0.2) is 28.2 Å². The quantitative estimate of drug-likeness (QED) is 0.583. The molecule has 2 heterocycles. The molecule has 0 unspecified atom stereocenters. The fourth-order valence-corrected chi connectivity index (χ4v) is 1.71. The molecule has 2 aromatic rings. The number of aryl methyl sites for hydroxylation is 1. The van der Waals surface area contributed by atoms with Crippen LogP contribution in [0.3, 0.4) is 0 Å². The zero-order valence-corrected chi connectivity index (χ0v) is 9.85. The third kappa shape index (κ3) is 1.91. The number of carbonyl (C=O) groups excluding carboxylic acids is 2. The number of ether oxygens (including phenoxy) is 1. The van der Waals surface area contributed by atoms with Crippen molar-refractivity contribution in [3.8, 4) is 0 Å². The first kappa shape index (κ1) is 11.3. The Balaban J connectivity index is 2.75. The third-order valence-electron chi connectivity index (χ3n) is 2.47. The van der Waals surface area contributed by atoms with Crippen LogP contribution in [0.25, 0.3) is 5.65 Å². The Labute approximate surface area is 98.0 Å². The molecular weight excluding hydrogens is 220 g/mol. The summed E-state index contributed by atoms with van der Waals surface area (Å²) in [6.07, 6.45) is 3.36. The van der Waals surface area contributed by atoms with E-state index in [1.54, 1.807) is 16.8 Å². The fraction of sp³-hybridized carbons (Fsp3) is 0.250. The van der Waals surface area contributed by atoms with Gasteiger partial charge in [0.2, 0.25) is 0 Å². The monoisotopic (exact) mass is 232 g/mol. The largest absolute Gasteiger partial charge is 0.465 e. The predicted molar refractivity (Wildman–Crippen MR) is 61.3 cm³/mol. The highest BCUT2D eigenvalue weighted by atomic mass is 16.5. The molecule has 0 aliphatic heterocycles. The number of imidazole rings is 1. The average molecular weight is 232 g/mol. The number of fused-ring (bicyclic) bond motifs is 1. The Bertz CT molecular complexity index is 613. The van der Waals surface area contributed by atoms with Gasteiger partial charge in [-0.15, -0.1) is 0 Å². The Morgan fingerprint density at radius 2 is 2.06 bits per heavy atom. The molecule has 88 valence electrons. The summed E-state index contributed by atoms with van der Waals surface area (Å²) in [4.78, 5) is 27.2. The number of Topliss-reactive ketones (excluding diaryl/α,β-unsaturated/α-hetero) is 1. The Kier molecular flexibility index (Phi) is 2.67. The highest BCUT2D eigenvalue weighted by Gasteiger charge is 2.14. The lowest BCUT2D eigenvalue weighted by molar-refractivity contribution is 0.0600. The van der Waals surface area contributed by atoms with Crippen LogP contribution in [0.15, 0.2) is 18.5 Å². The number of methoxy groups -OCH3 is 1. The van der Waals surface area contributed by atoms with E-state index in [4.69, 9.17) is 0 Å². The molecule has 0 amide bonds. The van der Waals surface area contributed by atoms with Crippen molar-refractivity contribution in [2.24, 2.45) is 0 Å². The van der Waals surface area contributed by atoms with Crippen molar-refractivity contribution >= 4 is 17.4 Å². The van der Waals surface area contributed by atoms with E-state index in [1.807, 2.05) is 6.92 Å². The van der Waals surface area contributed by atoms with Crippen LogP contribution in [0, 0.1) is 6.92 Å². The summed E-state index contributed by atoms with van der Waals surface area (Å²) in [5.74, 6) is -0.605. The predicted octanol–water partition coefficient (Wildman–Crippen LogP) is 1.63. The van der Waals surface area contributed by atoms with Gasteiger partial charge >= 0.3 is 5.97 Å². The summed E-state index contributed by atoms with van der Waals surface area (Å²) in [6.45, 7) is 3.27. The van der Waals surface area contributed by atoms with Gasteiger partial charge in [0, 0.05) is 12.4 Å². The average Bonchev–Trinajstić information content (AvgIpc) is 2.66. The van der Waals surface area contributed by atoms with Crippen LogP contribution in [0.4, 0.5) is 0 Å². The maximum absolute atomic E-state index is 11.5. The second-order valence-corrected chi connectivity index (χ2v) is 3.80. The summed E-state index contributed by atoms with van der Waals surface area (Å²) >= 11 is 0. The van der Waals surface area contributed by atoms with Gasteiger partial charge in [-0.25, -0.2) is 9.78 Å². The van der Waals surface area contributed by atoms with Gasteiger partial charge in [0.1, 0.15) is 5.65 Å². The van der Waals surface area contributed by atoms with Crippen LogP contribution in [0.5, 0.6) is 0 Å². The molecule has 5 heteroatoms. The molecule has 0 N–H and O–H groups in total. The second kappa shape index (κ2) is 4.01. The van der Waals surface area contributed by atoms with Crippen molar-refractivity contribution < 1.29 is 14.3 Å². The molecule has 0 aliphatic rings. The minimum absolute atomic E-state index is 0.133. The van der Waals surface area contributed by atoms with Gasteiger partial charge in [0.05, 0.1) is 23.9 Å². The van der Waals surface area contributed by atoms with Gasteiger partial charge in [-0.2, -0.15) is 0 Å². The molecule has 0 saturated carbocycles. The molecule has 0 atom stereocenters. The Hall–Kier alpha value is -2.17. The van der Waals surface area contributed by atoms with Crippen LogP contribution >= 0.6 is 0 Å². The van der Waals surface area contributed by atoms with Crippen molar-refractivity contribution in [3.05, 3.63) is 35.3 Å². The molecular formula is C12H12N2O3. The van der Waals surface area contributed by atoms with Gasteiger partial charge in [-0.05, 0) is 19.9 Å². The van der Waals surface area contributed by atoms with E-state index in [0.717, 1.165) is 5.69 Å². The molecule has 0 spiro atoms. The van der Waals surface area contributed by atoms with Gasteiger partial charge in [0.25, 0.3) is 0 Å². The number of rotatable bonds is 2. The first-order chi connectivity index (χ1) is 8.02. The van der Waals surface area contributed by atoms with Crippen molar-refractivity contribution in [1.29, 1.82) is 0 Å². The van der Waals surface area contributed by atoms with Crippen molar-refractivity contribution in [2.75, 3.05) is 7.11 Å². The number of carbonyl (C=O) groups is 2. The minimum atomic E-state index is -0.472. The maximum Gasteiger partial charge on any atom is 0.339 e. The summed E-state index contributed by atoms with van der Waals surface area (Å²) < 4.78 is 6.31. The smallest absolute Gasteiger partial charge is 0.339 e. The molecule has 0 aromatic carbocycles. The number of ketones is 1. The first-order valence-electron chi connectivity index (χ1n) is 5.11. The molecule has 17 heavy (non-hydrogen) atoms. The van der Waals surface area contributed by atoms with Crippen LogP contribution in [0.1, 0.15) is 33.3 Å². The van der Waals surface area contributed by atoms with Crippen LogP contribution in [0.2, 0.25) is 0 Å². The number of nitrogens with zero attached hydrogens (tertiary/aromatic N) is 2. The highest BCUT2D eigenvalue weighted by molar-refractivity contribution is 6.02. The van der Waals surface area contributed by atoms with E-state index in [1.165, 1.54) is 20.1 Å². The van der Waals surface area contributed by atoms with Gasteiger partial charge in [-0.1, -0.05) is 0 Å². The summed E-state index contributed by atoms with van der Waals surface area (Å²) in [6, 6.07) is 1.51. The number of hydrogen-bond acceptors (Lipinski definition) is 4. The van der Waals surface area contributed by atoms with Gasteiger partial charge in [0.15, 0.2) is 5.78 Å². The fourth-order valence-electron chi connectivity index (χ4n) is 1.71. The number of esters is 1. The van der Waals surface area contributed by atoms with Gasteiger partial charge in [-0.3, -0.25) is 4.79 Å². The molecule has 0 bridgehead atoms.